The van der Waals surface area contributed by atoms with Gasteiger partial charge in [-0.15, -0.1) is 0 Å². The molecule has 2 rings (SSSR count). The van der Waals surface area contributed by atoms with Gasteiger partial charge in [0.25, 0.3) is 0 Å². The Morgan fingerprint density at radius 3 is 2.64 bits per heavy atom. The molecule has 0 aliphatic rings. The van der Waals surface area contributed by atoms with Crippen LogP contribution in [0.15, 0.2) is 48.5 Å². The normalized spacial score (nSPS) is 12.0. The molecule has 1 unspecified atom stereocenters. The molecule has 1 amide bonds. The van der Waals surface area contributed by atoms with Crippen molar-refractivity contribution < 1.29 is 14.3 Å². The van der Waals surface area contributed by atoms with Crippen LogP contribution in [0.4, 0.5) is 10.1 Å². The average Bonchev–Trinajstić information content (AvgIpc) is 2.55. The molecule has 0 saturated heterocycles. The minimum atomic E-state index is -0.339. The molecule has 0 aliphatic heterocycles. The number of rotatable bonds is 6. The van der Waals surface area contributed by atoms with Gasteiger partial charge in [-0.25, -0.2) is 4.39 Å². The molecule has 116 valence electrons. The quantitative estimate of drug-likeness (QED) is 0.768. The first kappa shape index (κ1) is 16.1. The Morgan fingerprint density at radius 2 is 1.95 bits per heavy atom. The summed E-state index contributed by atoms with van der Waals surface area (Å²) < 4.78 is 12.8. The minimum Gasteiger partial charge on any atom is -0.392 e. The number of carbonyl (C=O) groups is 1. The van der Waals surface area contributed by atoms with Crippen molar-refractivity contribution in [3.63, 3.8) is 0 Å². The van der Waals surface area contributed by atoms with E-state index < -0.39 is 0 Å². The van der Waals surface area contributed by atoms with Crippen LogP contribution in [0.2, 0.25) is 0 Å². The van der Waals surface area contributed by atoms with Crippen molar-refractivity contribution in [3.05, 3.63) is 65.5 Å². The van der Waals surface area contributed by atoms with Gasteiger partial charge >= 0.3 is 0 Å². The Balaban J connectivity index is 1.86. The molecule has 0 fully saturated rings. The number of hydrogen-bond donors (Lipinski definition) is 3. The van der Waals surface area contributed by atoms with E-state index >= 15 is 0 Å². The van der Waals surface area contributed by atoms with Gasteiger partial charge in [-0.1, -0.05) is 24.3 Å². The number of aliphatic hydroxyl groups excluding tert-OH is 1. The fourth-order valence-electron chi connectivity index (χ4n) is 2.06. The number of benzene rings is 2. The second kappa shape index (κ2) is 7.68. The first-order chi connectivity index (χ1) is 10.6. The monoisotopic (exact) mass is 302 g/mol. The van der Waals surface area contributed by atoms with Crippen LogP contribution in [0.3, 0.4) is 0 Å². The molecule has 0 saturated carbocycles. The molecule has 22 heavy (non-hydrogen) atoms. The number of halogens is 1. The van der Waals surface area contributed by atoms with Crippen molar-refractivity contribution in [2.24, 2.45) is 0 Å². The molecule has 2 aromatic rings. The third kappa shape index (κ3) is 4.65. The van der Waals surface area contributed by atoms with Gasteiger partial charge in [0.05, 0.1) is 13.2 Å². The van der Waals surface area contributed by atoms with Gasteiger partial charge in [0.2, 0.25) is 5.91 Å². The maximum Gasteiger partial charge on any atom is 0.238 e. The van der Waals surface area contributed by atoms with Crippen molar-refractivity contribution in [1.29, 1.82) is 0 Å². The molecular weight excluding hydrogens is 283 g/mol. The van der Waals surface area contributed by atoms with E-state index in [0.717, 1.165) is 11.1 Å². The van der Waals surface area contributed by atoms with Gasteiger partial charge in [-0.3, -0.25) is 4.79 Å². The second-order valence-corrected chi connectivity index (χ2v) is 5.06. The number of carbonyl (C=O) groups excluding carboxylic acids is 1. The fourth-order valence-corrected chi connectivity index (χ4v) is 2.06. The smallest absolute Gasteiger partial charge is 0.238 e. The van der Waals surface area contributed by atoms with Crippen molar-refractivity contribution in [2.75, 3.05) is 11.9 Å². The molecule has 1 atom stereocenters. The lowest BCUT2D eigenvalue weighted by molar-refractivity contribution is -0.115. The molecule has 4 nitrogen and oxygen atoms in total. The lowest BCUT2D eigenvalue weighted by Crippen LogP contribution is -2.30. The van der Waals surface area contributed by atoms with E-state index in [4.69, 9.17) is 5.11 Å². The van der Waals surface area contributed by atoms with Gasteiger partial charge < -0.3 is 15.7 Å². The Labute approximate surface area is 129 Å². The summed E-state index contributed by atoms with van der Waals surface area (Å²) in [7, 11) is 0. The summed E-state index contributed by atoms with van der Waals surface area (Å²) in [5.74, 6) is -0.537. The molecule has 2 aromatic carbocycles. The Bertz CT molecular complexity index is 629. The molecule has 0 aromatic heterocycles. The van der Waals surface area contributed by atoms with Crippen LogP contribution < -0.4 is 10.6 Å². The Kier molecular flexibility index (Phi) is 5.63. The molecule has 0 bridgehead atoms. The Morgan fingerprint density at radius 1 is 1.23 bits per heavy atom. The summed E-state index contributed by atoms with van der Waals surface area (Å²) in [6.45, 7) is 2.08. The number of nitrogens with one attached hydrogen (secondary N) is 2. The number of anilines is 1. The Hall–Kier alpha value is -2.24. The number of amides is 1. The maximum atomic E-state index is 12.8. The largest absolute Gasteiger partial charge is 0.392 e. The van der Waals surface area contributed by atoms with E-state index in [1.807, 2.05) is 31.2 Å². The molecule has 3 N–H and O–H groups in total. The zero-order valence-corrected chi connectivity index (χ0v) is 12.3. The number of aliphatic hydroxyl groups is 1. The van der Waals surface area contributed by atoms with Crippen molar-refractivity contribution in [1.82, 2.24) is 5.32 Å². The molecule has 0 aliphatic carbocycles. The van der Waals surface area contributed by atoms with E-state index in [1.165, 1.54) is 24.3 Å². The van der Waals surface area contributed by atoms with E-state index in [-0.39, 0.29) is 30.9 Å². The molecule has 0 heterocycles. The standard InChI is InChI=1S/C17H19FN2O2/c1-12(14-4-2-3-13(9-14)11-21)19-10-17(22)20-16-7-5-15(18)6-8-16/h2-9,12,19,21H,10-11H2,1H3,(H,20,22). The van der Waals surface area contributed by atoms with Gasteiger partial charge in [0.15, 0.2) is 0 Å². The van der Waals surface area contributed by atoms with E-state index in [1.54, 1.807) is 0 Å². The maximum absolute atomic E-state index is 12.8. The predicted octanol–water partition coefficient (Wildman–Crippen LogP) is 2.61. The summed E-state index contributed by atoms with van der Waals surface area (Å²) in [6.07, 6.45) is 0. The highest BCUT2D eigenvalue weighted by Gasteiger charge is 2.08. The SMILES string of the molecule is CC(NCC(=O)Nc1ccc(F)cc1)c1cccc(CO)c1. The topological polar surface area (TPSA) is 61.4 Å². The predicted molar refractivity (Wildman–Crippen MR) is 83.8 cm³/mol. The van der Waals surface area contributed by atoms with Gasteiger partial charge in [0.1, 0.15) is 5.82 Å². The van der Waals surface area contributed by atoms with Crippen LogP contribution in [0.25, 0.3) is 0 Å². The highest BCUT2D eigenvalue weighted by atomic mass is 19.1. The van der Waals surface area contributed by atoms with Crippen molar-refractivity contribution in [3.8, 4) is 0 Å². The summed E-state index contributed by atoms with van der Waals surface area (Å²) in [6, 6.07) is 13.2. The van der Waals surface area contributed by atoms with E-state index in [0.29, 0.717) is 5.69 Å². The van der Waals surface area contributed by atoms with Crippen LogP contribution in [0, 0.1) is 5.82 Å². The summed E-state index contributed by atoms with van der Waals surface area (Å²) in [4.78, 5) is 11.8. The number of hydrogen-bond acceptors (Lipinski definition) is 3. The lowest BCUT2D eigenvalue weighted by Gasteiger charge is -2.15. The third-order valence-electron chi connectivity index (χ3n) is 3.33. The zero-order chi connectivity index (χ0) is 15.9. The average molecular weight is 302 g/mol. The summed E-state index contributed by atoms with van der Waals surface area (Å²) >= 11 is 0. The van der Waals surface area contributed by atoms with Crippen LogP contribution >= 0.6 is 0 Å². The molecule has 0 spiro atoms. The lowest BCUT2D eigenvalue weighted by atomic mass is 10.1. The second-order valence-electron chi connectivity index (χ2n) is 5.06. The van der Waals surface area contributed by atoms with Gasteiger partial charge in [-0.2, -0.15) is 0 Å². The van der Waals surface area contributed by atoms with Crippen LogP contribution in [-0.4, -0.2) is 17.6 Å². The first-order valence-corrected chi connectivity index (χ1v) is 7.07. The summed E-state index contributed by atoms with van der Waals surface area (Å²) in [5.41, 5.74) is 2.39. The fraction of sp³-hybridized carbons (Fsp3) is 0.235. The van der Waals surface area contributed by atoms with E-state index in [9.17, 15) is 9.18 Å². The molecule has 5 heteroatoms. The van der Waals surface area contributed by atoms with Gasteiger partial charge in [-0.05, 0) is 42.3 Å². The van der Waals surface area contributed by atoms with Crippen molar-refractivity contribution >= 4 is 11.6 Å². The highest BCUT2D eigenvalue weighted by molar-refractivity contribution is 5.92. The zero-order valence-electron chi connectivity index (χ0n) is 12.3. The molecular formula is C17H19FN2O2. The van der Waals surface area contributed by atoms with Gasteiger partial charge in [0, 0.05) is 11.7 Å². The minimum absolute atomic E-state index is 0.00832. The highest BCUT2D eigenvalue weighted by Crippen LogP contribution is 2.14. The van der Waals surface area contributed by atoms with Crippen molar-refractivity contribution in [2.45, 2.75) is 19.6 Å². The third-order valence-corrected chi connectivity index (χ3v) is 3.33. The molecule has 0 radical (unpaired) electrons. The van der Waals surface area contributed by atoms with Crippen LogP contribution in [0.5, 0.6) is 0 Å². The van der Waals surface area contributed by atoms with Crippen LogP contribution in [0.1, 0.15) is 24.1 Å². The van der Waals surface area contributed by atoms with E-state index in [2.05, 4.69) is 10.6 Å². The van der Waals surface area contributed by atoms with Crippen LogP contribution in [-0.2, 0) is 11.4 Å². The summed E-state index contributed by atoms with van der Waals surface area (Å²) in [5, 5.41) is 14.9. The first-order valence-electron chi connectivity index (χ1n) is 7.07.